The van der Waals surface area contributed by atoms with Crippen LogP contribution in [0.15, 0.2) is 28.7 Å². The molecule has 0 saturated carbocycles. The van der Waals surface area contributed by atoms with Gasteiger partial charge < -0.3 is 15.0 Å². The number of nitrogens with zero attached hydrogens (tertiary/aromatic N) is 1. The van der Waals surface area contributed by atoms with Gasteiger partial charge in [-0.25, -0.2) is 4.79 Å². The number of nitrogens with one attached hydrogen (secondary N) is 1. The van der Waals surface area contributed by atoms with Crippen molar-refractivity contribution in [3.05, 3.63) is 34.3 Å². The second-order valence-electron chi connectivity index (χ2n) is 5.80. The minimum absolute atomic E-state index is 0.126. The molecule has 3 rings (SSSR count). The van der Waals surface area contributed by atoms with Crippen molar-refractivity contribution in [2.24, 2.45) is 0 Å². The Balaban J connectivity index is 1.71. The molecule has 1 amide bonds. The van der Waals surface area contributed by atoms with Crippen molar-refractivity contribution in [1.82, 2.24) is 10.2 Å². The number of hydrogen-bond acceptors (Lipinski definition) is 5. The van der Waals surface area contributed by atoms with Crippen molar-refractivity contribution in [3.8, 4) is 0 Å². The lowest BCUT2D eigenvalue weighted by molar-refractivity contribution is -0.192. The van der Waals surface area contributed by atoms with Crippen LogP contribution in [0.3, 0.4) is 0 Å². The Morgan fingerprint density at radius 1 is 1.32 bits per heavy atom. The summed E-state index contributed by atoms with van der Waals surface area (Å²) in [5, 5.41) is 12.1. The van der Waals surface area contributed by atoms with Gasteiger partial charge in [-0.2, -0.15) is 5.26 Å². The van der Waals surface area contributed by atoms with Gasteiger partial charge in [-0.3, -0.25) is 4.89 Å². The highest BCUT2D eigenvalue weighted by atomic mass is 79.9. The van der Waals surface area contributed by atoms with Crippen molar-refractivity contribution < 1.29 is 19.7 Å². The van der Waals surface area contributed by atoms with Gasteiger partial charge in [0.1, 0.15) is 0 Å². The van der Waals surface area contributed by atoms with E-state index in [4.69, 9.17) is 9.99 Å². The average molecular weight is 371 g/mol. The topological polar surface area (TPSA) is 71.0 Å². The maximum atomic E-state index is 11.2. The van der Waals surface area contributed by atoms with Crippen LogP contribution in [0.1, 0.15) is 18.4 Å². The normalized spacial score (nSPS) is 21.3. The number of amides is 1. The molecule has 0 bridgehead atoms. The van der Waals surface area contributed by atoms with Gasteiger partial charge in [0, 0.05) is 42.4 Å². The third kappa shape index (κ3) is 3.12. The van der Waals surface area contributed by atoms with Crippen LogP contribution in [-0.2, 0) is 15.2 Å². The summed E-state index contributed by atoms with van der Waals surface area (Å²) >= 11 is 3.47. The zero-order valence-corrected chi connectivity index (χ0v) is 13.7. The second-order valence-corrected chi connectivity index (χ2v) is 6.72. The van der Waals surface area contributed by atoms with E-state index in [1.54, 1.807) is 0 Å². The summed E-state index contributed by atoms with van der Waals surface area (Å²) in [4.78, 5) is 16.4. The SMILES string of the molecule is O=C(OO)N1CC(NC2(c3ccc(Br)cc3)CCOCC2)C1. The van der Waals surface area contributed by atoms with E-state index in [1.165, 1.54) is 10.5 Å². The van der Waals surface area contributed by atoms with Gasteiger partial charge in [0.2, 0.25) is 0 Å². The van der Waals surface area contributed by atoms with E-state index < -0.39 is 6.09 Å². The Kier molecular flexibility index (Phi) is 4.67. The Morgan fingerprint density at radius 2 is 1.95 bits per heavy atom. The second kappa shape index (κ2) is 6.54. The van der Waals surface area contributed by atoms with E-state index in [-0.39, 0.29) is 11.6 Å². The number of hydrogen-bond donors (Lipinski definition) is 2. The maximum absolute atomic E-state index is 11.2. The van der Waals surface area contributed by atoms with Crippen molar-refractivity contribution in [2.45, 2.75) is 24.4 Å². The number of ether oxygens (including phenoxy) is 1. The van der Waals surface area contributed by atoms with Crippen LogP contribution in [0.4, 0.5) is 4.79 Å². The lowest BCUT2D eigenvalue weighted by Gasteiger charge is -2.47. The highest BCUT2D eigenvalue weighted by Gasteiger charge is 2.41. The number of benzene rings is 1. The summed E-state index contributed by atoms with van der Waals surface area (Å²) < 4.78 is 6.57. The molecule has 2 aliphatic heterocycles. The predicted octanol–water partition coefficient (Wildman–Crippen LogP) is 2.34. The van der Waals surface area contributed by atoms with Gasteiger partial charge in [-0.05, 0) is 30.5 Å². The molecule has 2 saturated heterocycles. The number of halogens is 1. The molecule has 7 heteroatoms. The third-order valence-corrected chi connectivity index (χ3v) is 4.97. The van der Waals surface area contributed by atoms with Crippen LogP contribution >= 0.6 is 15.9 Å². The Morgan fingerprint density at radius 3 is 2.55 bits per heavy atom. The molecule has 2 aliphatic rings. The minimum atomic E-state index is -0.692. The molecule has 0 spiro atoms. The van der Waals surface area contributed by atoms with E-state index in [0.717, 1.165) is 30.5 Å². The van der Waals surface area contributed by atoms with Crippen molar-refractivity contribution >= 4 is 22.0 Å². The largest absolute Gasteiger partial charge is 0.441 e. The Hall–Kier alpha value is -1.15. The summed E-state index contributed by atoms with van der Waals surface area (Å²) in [5.74, 6) is 0. The van der Waals surface area contributed by atoms with Crippen molar-refractivity contribution in [1.29, 1.82) is 0 Å². The first-order valence-corrected chi connectivity index (χ1v) is 8.14. The lowest BCUT2D eigenvalue weighted by Crippen LogP contribution is -2.65. The molecule has 1 aromatic carbocycles. The number of rotatable bonds is 3. The molecule has 0 unspecified atom stereocenters. The molecule has 0 radical (unpaired) electrons. The summed E-state index contributed by atoms with van der Waals surface area (Å²) in [6, 6.07) is 8.54. The molecule has 2 heterocycles. The zero-order chi connectivity index (χ0) is 15.6. The molecule has 6 nitrogen and oxygen atoms in total. The molecule has 2 fully saturated rings. The van der Waals surface area contributed by atoms with Gasteiger partial charge in [-0.1, -0.05) is 28.1 Å². The molecule has 0 aliphatic carbocycles. The Labute approximate surface area is 137 Å². The highest BCUT2D eigenvalue weighted by Crippen LogP contribution is 2.34. The van der Waals surface area contributed by atoms with Gasteiger partial charge in [0.05, 0.1) is 0 Å². The van der Waals surface area contributed by atoms with Gasteiger partial charge in [-0.15, -0.1) is 0 Å². The molecule has 0 aromatic heterocycles. The summed E-state index contributed by atoms with van der Waals surface area (Å²) in [6.45, 7) is 2.52. The standard InChI is InChI=1S/C15H19BrN2O4/c16-12-3-1-11(2-4-12)15(5-7-21-8-6-15)17-13-9-18(10-13)14(19)22-20/h1-4,13,17,20H,5-10H2. The van der Waals surface area contributed by atoms with Crippen LogP contribution < -0.4 is 5.32 Å². The maximum Gasteiger partial charge on any atom is 0.441 e. The van der Waals surface area contributed by atoms with E-state index in [1.807, 2.05) is 12.1 Å². The molecule has 1 aromatic rings. The number of carbonyl (C=O) groups is 1. The predicted molar refractivity (Wildman–Crippen MR) is 83.5 cm³/mol. The fourth-order valence-electron chi connectivity index (χ4n) is 3.17. The smallest absolute Gasteiger partial charge is 0.381 e. The van der Waals surface area contributed by atoms with Gasteiger partial charge >= 0.3 is 6.09 Å². The molecule has 120 valence electrons. The first-order chi connectivity index (χ1) is 10.6. The quantitative estimate of drug-likeness (QED) is 0.631. The third-order valence-electron chi connectivity index (χ3n) is 4.44. The molecular formula is C15H19BrN2O4. The van der Waals surface area contributed by atoms with Crippen molar-refractivity contribution in [3.63, 3.8) is 0 Å². The van der Waals surface area contributed by atoms with E-state index >= 15 is 0 Å². The van der Waals surface area contributed by atoms with Gasteiger partial charge in [0.25, 0.3) is 0 Å². The monoisotopic (exact) mass is 370 g/mol. The average Bonchev–Trinajstić information content (AvgIpc) is 2.51. The molecule has 2 N–H and O–H groups in total. The van der Waals surface area contributed by atoms with E-state index in [0.29, 0.717) is 13.1 Å². The van der Waals surface area contributed by atoms with Crippen LogP contribution in [-0.4, -0.2) is 48.6 Å². The number of carbonyl (C=O) groups excluding carboxylic acids is 1. The highest BCUT2D eigenvalue weighted by molar-refractivity contribution is 9.10. The van der Waals surface area contributed by atoms with E-state index in [9.17, 15) is 4.79 Å². The van der Waals surface area contributed by atoms with Crippen LogP contribution in [0.2, 0.25) is 0 Å². The van der Waals surface area contributed by atoms with E-state index in [2.05, 4.69) is 38.3 Å². The van der Waals surface area contributed by atoms with Crippen LogP contribution in [0, 0.1) is 0 Å². The fraction of sp³-hybridized carbons (Fsp3) is 0.533. The lowest BCUT2D eigenvalue weighted by atomic mass is 9.81. The van der Waals surface area contributed by atoms with Crippen LogP contribution in [0.25, 0.3) is 0 Å². The minimum Gasteiger partial charge on any atom is -0.381 e. The fourth-order valence-corrected chi connectivity index (χ4v) is 3.44. The molecular weight excluding hydrogens is 352 g/mol. The van der Waals surface area contributed by atoms with Crippen LogP contribution in [0.5, 0.6) is 0 Å². The summed E-state index contributed by atoms with van der Waals surface area (Å²) in [7, 11) is 0. The molecule has 22 heavy (non-hydrogen) atoms. The Bertz CT molecular complexity index is 525. The molecule has 0 atom stereocenters. The zero-order valence-electron chi connectivity index (χ0n) is 12.1. The summed E-state index contributed by atoms with van der Waals surface area (Å²) in [5.41, 5.74) is 1.11. The number of likely N-dealkylation sites (tertiary alicyclic amines) is 1. The van der Waals surface area contributed by atoms with Crippen molar-refractivity contribution in [2.75, 3.05) is 26.3 Å². The first kappa shape index (κ1) is 15.7. The first-order valence-electron chi connectivity index (χ1n) is 7.35. The van der Waals surface area contributed by atoms with Gasteiger partial charge in [0.15, 0.2) is 0 Å². The summed E-state index contributed by atoms with van der Waals surface area (Å²) in [6.07, 6.45) is 1.10.